The molecule has 2 atom stereocenters. The Balaban J connectivity index is 0.00000324. The van der Waals surface area contributed by atoms with Crippen LogP contribution in [0.4, 0.5) is 0 Å². The molecule has 3 nitrogen and oxygen atoms in total. The number of rotatable bonds is 5. The zero-order chi connectivity index (χ0) is 13.6. The monoisotopic (exact) mass is 290 g/mol. The van der Waals surface area contributed by atoms with E-state index >= 15 is 0 Å². The molecule has 0 aromatic carbocycles. The quantitative estimate of drug-likeness (QED) is 0.817. The Morgan fingerprint density at radius 3 is 2.63 bits per heavy atom. The summed E-state index contributed by atoms with van der Waals surface area (Å²) in [6, 6.07) is 0. The molecular formula is C15H31ClN2O. The molecule has 0 spiro atoms. The lowest BCUT2D eigenvalue weighted by Crippen LogP contribution is -2.34. The van der Waals surface area contributed by atoms with Crippen molar-refractivity contribution in [2.45, 2.75) is 53.4 Å². The molecule has 1 amide bonds. The van der Waals surface area contributed by atoms with Gasteiger partial charge < -0.3 is 10.6 Å². The van der Waals surface area contributed by atoms with Crippen molar-refractivity contribution in [3.05, 3.63) is 0 Å². The molecule has 1 aliphatic rings. The Morgan fingerprint density at radius 2 is 2.11 bits per heavy atom. The van der Waals surface area contributed by atoms with Crippen molar-refractivity contribution in [2.24, 2.45) is 17.3 Å². The van der Waals surface area contributed by atoms with Crippen LogP contribution in [-0.2, 0) is 4.79 Å². The minimum absolute atomic E-state index is 0. The van der Waals surface area contributed by atoms with Crippen molar-refractivity contribution < 1.29 is 4.79 Å². The van der Waals surface area contributed by atoms with Crippen LogP contribution in [0.15, 0.2) is 0 Å². The molecule has 1 rings (SSSR count). The molecule has 0 aromatic rings. The van der Waals surface area contributed by atoms with E-state index in [1.807, 2.05) is 0 Å². The van der Waals surface area contributed by atoms with Gasteiger partial charge in [-0.1, -0.05) is 27.7 Å². The Kier molecular flexibility index (Phi) is 8.67. The van der Waals surface area contributed by atoms with Crippen LogP contribution in [0.3, 0.4) is 0 Å². The second-order valence-electron chi connectivity index (χ2n) is 6.82. The highest BCUT2D eigenvalue weighted by atomic mass is 35.5. The van der Waals surface area contributed by atoms with Gasteiger partial charge in [0.1, 0.15) is 0 Å². The van der Waals surface area contributed by atoms with Gasteiger partial charge in [-0.2, -0.15) is 0 Å². The maximum atomic E-state index is 11.8. The van der Waals surface area contributed by atoms with E-state index < -0.39 is 0 Å². The molecule has 2 unspecified atom stereocenters. The molecule has 1 heterocycles. The molecule has 0 aliphatic carbocycles. The highest BCUT2D eigenvalue weighted by Crippen LogP contribution is 2.27. The van der Waals surface area contributed by atoms with Gasteiger partial charge in [0.05, 0.1) is 0 Å². The fourth-order valence-corrected chi connectivity index (χ4v) is 2.24. The average molecular weight is 291 g/mol. The molecule has 1 fully saturated rings. The van der Waals surface area contributed by atoms with E-state index in [0.29, 0.717) is 12.3 Å². The van der Waals surface area contributed by atoms with E-state index in [2.05, 4.69) is 38.3 Å². The summed E-state index contributed by atoms with van der Waals surface area (Å²) in [4.78, 5) is 11.8. The van der Waals surface area contributed by atoms with Crippen LogP contribution in [0.25, 0.3) is 0 Å². The van der Waals surface area contributed by atoms with E-state index in [4.69, 9.17) is 0 Å². The van der Waals surface area contributed by atoms with E-state index in [1.165, 1.54) is 12.8 Å². The van der Waals surface area contributed by atoms with Gasteiger partial charge in [0, 0.05) is 13.0 Å². The summed E-state index contributed by atoms with van der Waals surface area (Å²) in [6.45, 7) is 11.9. The number of amides is 1. The third-order valence-electron chi connectivity index (χ3n) is 4.24. The largest absolute Gasteiger partial charge is 0.356 e. The highest BCUT2D eigenvalue weighted by molar-refractivity contribution is 5.85. The van der Waals surface area contributed by atoms with Crippen molar-refractivity contribution >= 4 is 18.3 Å². The fraction of sp³-hybridized carbons (Fsp3) is 0.933. The fourth-order valence-electron chi connectivity index (χ4n) is 2.24. The van der Waals surface area contributed by atoms with Crippen LogP contribution < -0.4 is 10.6 Å². The standard InChI is InChI=1S/C15H30N2O.ClH/c1-12(15(2,3)4)10-14(18)17-9-7-13-6-5-8-16-11-13;/h12-13,16H,5-11H2,1-4H3,(H,17,18);1H. The number of carbonyl (C=O) groups is 1. The minimum Gasteiger partial charge on any atom is -0.356 e. The lowest BCUT2D eigenvalue weighted by molar-refractivity contribution is -0.122. The van der Waals surface area contributed by atoms with Crippen molar-refractivity contribution in [3.63, 3.8) is 0 Å². The van der Waals surface area contributed by atoms with Crippen LogP contribution in [0.5, 0.6) is 0 Å². The van der Waals surface area contributed by atoms with Gasteiger partial charge in [-0.15, -0.1) is 12.4 Å². The summed E-state index contributed by atoms with van der Waals surface area (Å²) >= 11 is 0. The van der Waals surface area contributed by atoms with Crippen molar-refractivity contribution in [1.82, 2.24) is 10.6 Å². The Labute approximate surface area is 124 Å². The molecule has 2 N–H and O–H groups in total. The molecule has 0 bridgehead atoms. The Morgan fingerprint density at radius 1 is 1.42 bits per heavy atom. The average Bonchev–Trinajstić information content (AvgIpc) is 2.29. The Bertz CT molecular complexity index is 257. The van der Waals surface area contributed by atoms with E-state index in [9.17, 15) is 4.79 Å². The van der Waals surface area contributed by atoms with Gasteiger partial charge in [0.15, 0.2) is 0 Å². The number of piperidine rings is 1. The third kappa shape index (κ3) is 7.78. The molecule has 1 saturated heterocycles. The lowest BCUT2D eigenvalue weighted by Gasteiger charge is -2.27. The van der Waals surface area contributed by atoms with Gasteiger partial charge in [-0.05, 0) is 49.6 Å². The maximum absolute atomic E-state index is 11.8. The third-order valence-corrected chi connectivity index (χ3v) is 4.24. The first-order chi connectivity index (χ1) is 8.39. The minimum atomic E-state index is 0. The molecule has 1 aliphatic heterocycles. The van der Waals surface area contributed by atoms with Crippen molar-refractivity contribution in [2.75, 3.05) is 19.6 Å². The summed E-state index contributed by atoms with van der Waals surface area (Å²) in [5.41, 5.74) is 0.213. The second kappa shape index (κ2) is 8.80. The molecule has 0 saturated carbocycles. The van der Waals surface area contributed by atoms with E-state index in [0.717, 1.165) is 32.0 Å². The van der Waals surface area contributed by atoms with Gasteiger partial charge in [0.25, 0.3) is 0 Å². The number of nitrogens with one attached hydrogen (secondary N) is 2. The SMILES string of the molecule is CC(CC(=O)NCCC1CCCNC1)C(C)(C)C.Cl. The van der Waals surface area contributed by atoms with Crippen molar-refractivity contribution in [3.8, 4) is 0 Å². The van der Waals surface area contributed by atoms with Gasteiger partial charge >= 0.3 is 0 Å². The number of carbonyl (C=O) groups excluding carboxylic acids is 1. The first kappa shape index (κ1) is 18.7. The van der Waals surface area contributed by atoms with E-state index in [1.54, 1.807) is 0 Å². The molecule has 4 heteroatoms. The van der Waals surface area contributed by atoms with Crippen LogP contribution in [0.2, 0.25) is 0 Å². The van der Waals surface area contributed by atoms with Crippen molar-refractivity contribution in [1.29, 1.82) is 0 Å². The molecule has 0 radical (unpaired) electrons. The van der Waals surface area contributed by atoms with Crippen LogP contribution in [0, 0.1) is 17.3 Å². The Hall–Kier alpha value is -0.280. The van der Waals surface area contributed by atoms with Crippen LogP contribution in [-0.4, -0.2) is 25.5 Å². The predicted octanol–water partition coefficient (Wildman–Crippen LogP) is 2.99. The summed E-state index contributed by atoms with van der Waals surface area (Å²) in [5.74, 6) is 1.38. The number of hydrogen-bond donors (Lipinski definition) is 2. The van der Waals surface area contributed by atoms with E-state index in [-0.39, 0.29) is 23.7 Å². The zero-order valence-corrected chi connectivity index (χ0v) is 13.7. The number of hydrogen-bond acceptors (Lipinski definition) is 2. The first-order valence-corrected chi connectivity index (χ1v) is 7.37. The molecule has 114 valence electrons. The topological polar surface area (TPSA) is 41.1 Å². The molecule has 19 heavy (non-hydrogen) atoms. The smallest absolute Gasteiger partial charge is 0.220 e. The highest BCUT2D eigenvalue weighted by Gasteiger charge is 2.22. The first-order valence-electron chi connectivity index (χ1n) is 7.37. The lowest BCUT2D eigenvalue weighted by atomic mass is 9.80. The van der Waals surface area contributed by atoms with Crippen LogP contribution >= 0.6 is 12.4 Å². The number of halogens is 1. The summed E-state index contributed by atoms with van der Waals surface area (Å²) in [5, 5.41) is 6.48. The van der Waals surface area contributed by atoms with Gasteiger partial charge in [0.2, 0.25) is 5.91 Å². The predicted molar refractivity (Wildman–Crippen MR) is 83.7 cm³/mol. The second-order valence-corrected chi connectivity index (χ2v) is 6.82. The molecular weight excluding hydrogens is 260 g/mol. The molecule has 0 aromatic heterocycles. The summed E-state index contributed by atoms with van der Waals surface area (Å²) in [6.07, 6.45) is 4.34. The zero-order valence-electron chi connectivity index (χ0n) is 12.9. The van der Waals surface area contributed by atoms with Crippen LogP contribution in [0.1, 0.15) is 53.4 Å². The summed E-state index contributed by atoms with van der Waals surface area (Å²) in [7, 11) is 0. The van der Waals surface area contributed by atoms with Gasteiger partial charge in [-0.25, -0.2) is 0 Å². The maximum Gasteiger partial charge on any atom is 0.220 e. The van der Waals surface area contributed by atoms with Gasteiger partial charge in [-0.3, -0.25) is 4.79 Å². The summed E-state index contributed by atoms with van der Waals surface area (Å²) < 4.78 is 0. The normalized spacial score (nSPS) is 21.4.